The number of nitrogens with one attached hydrogen (secondary N) is 1. The Morgan fingerprint density at radius 2 is 1.97 bits per heavy atom. The maximum atomic E-state index is 14.4. The minimum absolute atomic E-state index is 0.0423. The summed E-state index contributed by atoms with van der Waals surface area (Å²) in [5, 5.41) is 8.37. The molecule has 9 nitrogen and oxygen atoms in total. The van der Waals surface area contributed by atoms with Crippen molar-refractivity contribution in [1.29, 1.82) is 0 Å². The smallest absolute Gasteiger partial charge is 0.270 e. The van der Waals surface area contributed by atoms with E-state index in [-0.39, 0.29) is 35.8 Å². The summed E-state index contributed by atoms with van der Waals surface area (Å²) in [5.41, 5.74) is 7.77. The van der Waals surface area contributed by atoms with Gasteiger partial charge in [0.15, 0.2) is 17.3 Å². The molecule has 36 heavy (non-hydrogen) atoms. The van der Waals surface area contributed by atoms with E-state index < -0.39 is 5.41 Å². The number of halogens is 1. The van der Waals surface area contributed by atoms with Crippen molar-refractivity contribution in [3.8, 4) is 11.5 Å². The van der Waals surface area contributed by atoms with E-state index in [1.165, 1.54) is 6.07 Å². The number of pyridine rings is 1. The summed E-state index contributed by atoms with van der Waals surface area (Å²) in [6, 6.07) is 10.1. The maximum absolute atomic E-state index is 14.4. The van der Waals surface area contributed by atoms with Crippen LogP contribution in [0.4, 0.5) is 10.2 Å². The first kappa shape index (κ1) is 23.5. The van der Waals surface area contributed by atoms with Gasteiger partial charge in [-0.05, 0) is 45.4 Å². The molecule has 1 aromatic carbocycles. The highest BCUT2D eigenvalue weighted by molar-refractivity contribution is 6.04. The lowest BCUT2D eigenvalue weighted by atomic mass is 9.84. The highest BCUT2D eigenvalue weighted by Gasteiger charge is 2.40. The highest BCUT2D eigenvalue weighted by Crippen LogP contribution is 2.40. The van der Waals surface area contributed by atoms with Crippen molar-refractivity contribution < 1.29 is 9.18 Å². The van der Waals surface area contributed by atoms with Crippen LogP contribution in [0.1, 0.15) is 55.7 Å². The van der Waals surface area contributed by atoms with Crippen molar-refractivity contribution in [3.63, 3.8) is 0 Å². The van der Waals surface area contributed by atoms with E-state index in [0.29, 0.717) is 39.5 Å². The molecule has 0 radical (unpaired) electrons. The van der Waals surface area contributed by atoms with Crippen molar-refractivity contribution in [1.82, 2.24) is 30.0 Å². The van der Waals surface area contributed by atoms with Gasteiger partial charge in [0.25, 0.3) is 5.91 Å². The number of nitrogens with two attached hydrogens (primary N) is 1. The van der Waals surface area contributed by atoms with E-state index in [0.717, 1.165) is 6.42 Å². The normalized spacial score (nSPS) is 15.0. The van der Waals surface area contributed by atoms with E-state index >= 15 is 0 Å². The average molecular weight is 487 g/mol. The molecule has 0 aliphatic carbocycles. The number of amidine groups is 1. The van der Waals surface area contributed by atoms with Crippen LogP contribution in [0, 0.1) is 5.82 Å². The molecule has 184 valence electrons. The van der Waals surface area contributed by atoms with Crippen molar-refractivity contribution in [2.24, 2.45) is 10.7 Å². The first-order valence-corrected chi connectivity index (χ1v) is 11.8. The lowest BCUT2D eigenvalue weighted by Crippen LogP contribution is -2.38. The number of fused-ring (bicyclic) bond motifs is 2. The monoisotopic (exact) mass is 486 g/mol. The summed E-state index contributed by atoms with van der Waals surface area (Å²) in [6.07, 6.45) is 2.42. The fourth-order valence-electron chi connectivity index (χ4n) is 4.22. The van der Waals surface area contributed by atoms with Gasteiger partial charge in [0, 0.05) is 23.4 Å². The first-order chi connectivity index (χ1) is 17.2. The van der Waals surface area contributed by atoms with Crippen LogP contribution in [0.25, 0.3) is 22.6 Å². The van der Waals surface area contributed by atoms with Gasteiger partial charge in [-0.2, -0.15) is 5.10 Å². The number of rotatable bonds is 6. The van der Waals surface area contributed by atoms with Gasteiger partial charge >= 0.3 is 0 Å². The van der Waals surface area contributed by atoms with Gasteiger partial charge in [-0.15, -0.1) is 0 Å². The van der Waals surface area contributed by atoms with Gasteiger partial charge < -0.3 is 11.1 Å². The van der Waals surface area contributed by atoms with Crippen LogP contribution in [-0.2, 0) is 12.0 Å². The lowest BCUT2D eigenvalue weighted by Gasteiger charge is -2.22. The molecular weight excluding hydrogens is 459 g/mol. The SMILES string of the molecule is CCC(C)NC(=O)c1nc(-c2nn(Cc3ccccc3F)c3ncccc23)nc2c1C(C)(C)C(N)=N2. The van der Waals surface area contributed by atoms with Gasteiger partial charge in [-0.25, -0.2) is 29.0 Å². The second-order valence-electron chi connectivity index (χ2n) is 9.47. The first-order valence-electron chi connectivity index (χ1n) is 11.8. The van der Waals surface area contributed by atoms with Crippen molar-refractivity contribution in [3.05, 3.63) is 65.2 Å². The van der Waals surface area contributed by atoms with Crippen LogP contribution in [-0.4, -0.2) is 42.5 Å². The molecule has 4 heterocycles. The molecule has 0 bridgehead atoms. The van der Waals surface area contributed by atoms with Gasteiger partial charge in [-0.3, -0.25) is 4.79 Å². The van der Waals surface area contributed by atoms with Gasteiger partial charge in [-0.1, -0.05) is 25.1 Å². The van der Waals surface area contributed by atoms with Crippen LogP contribution in [0.2, 0.25) is 0 Å². The van der Waals surface area contributed by atoms with Crippen LogP contribution < -0.4 is 11.1 Å². The van der Waals surface area contributed by atoms with Gasteiger partial charge in [0.05, 0.1) is 17.3 Å². The summed E-state index contributed by atoms with van der Waals surface area (Å²) >= 11 is 0. The summed E-state index contributed by atoms with van der Waals surface area (Å²) < 4.78 is 16.0. The Kier molecular flexibility index (Phi) is 5.74. The van der Waals surface area contributed by atoms with Crippen LogP contribution >= 0.6 is 0 Å². The number of aromatic nitrogens is 5. The molecule has 3 N–H and O–H groups in total. The molecule has 10 heteroatoms. The summed E-state index contributed by atoms with van der Waals surface area (Å²) in [6.45, 7) is 7.88. The molecule has 0 spiro atoms. The third-order valence-electron chi connectivity index (χ3n) is 6.58. The van der Waals surface area contributed by atoms with Crippen molar-refractivity contribution in [2.45, 2.75) is 52.1 Å². The third kappa shape index (κ3) is 3.88. The van der Waals surface area contributed by atoms with Crippen molar-refractivity contribution in [2.75, 3.05) is 0 Å². The zero-order valence-electron chi connectivity index (χ0n) is 20.6. The molecule has 1 atom stereocenters. The fourth-order valence-corrected chi connectivity index (χ4v) is 4.22. The Bertz CT molecular complexity index is 1520. The molecule has 1 aliphatic heterocycles. The summed E-state index contributed by atoms with van der Waals surface area (Å²) in [7, 11) is 0. The largest absolute Gasteiger partial charge is 0.386 e. The Morgan fingerprint density at radius 3 is 2.72 bits per heavy atom. The molecule has 0 fully saturated rings. The molecule has 5 rings (SSSR count). The predicted molar refractivity (Wildman–Crippen MR) is 136 cm³/mol. The molecule has 3 aromatic heterocycles. The minimum Gasteiger partial charge on any atom is -0.386 e. The lowest BCUT2D eigenvalue weighted by molar-refractivity contribution is 0.0932. The van der Waals surface area contributed by atoms with E-state index in [1.54, 1.807) is 35.1 Å². The summed E-state index contributed by atoms with van der Waals surface area (Å²) in [4.78, 5) is 31.6. The second kappa shape index (κ2) is 8.78. The van der Waals surface area contributed by atoms with E-state index in [2.05, 4.69) is 20.3 Å². The fraction of sp³-hybridized carbons (Fsp3) is 0.308. The van der Waals surface area contributed by atoms with E-state index in [1.807, 2.05) is 33.8 Å². The molecule has 1 unspecified atom stereocenters. The number of nitrogens with zero attached hydrogens (tertiary/aromatic N) is 6. The molecule has 1 amide bonds. The van der Waals surface area contributed by atoms with Crippen LogP contribution in [0.3, 0.4) is 0 Å². The Morgan fingerprint density at radius 1 is 1.19 bits per heavy atom. The molecule has 1 aliphatic rings. The third-order valence-corrected chi connectivity index (χ3v) is 6.58. The quantitative estimate of drug-likeness (QED) is 0.426. The number of carbonyl (C=O) groups is 1. The predicted octanol–water partition coefficient (Wildman–Crippen LogP) is 3.88. The van der Waals surface area contributed by atoms with Gasteiger partial charge in [0.2, 0.25) is 0 Å². The summed E-state index contributed by atoms with van der Waals surface area (Å²) in [5.74, 6) is 0.275. The van der Waals surface area contributed by atoms with E-state index in [9.17, 15) is 9.18 Å². The standard InChI is InChI=1S/C26H27FN8O/c1-5-14(2)30-24(36)20-18-21(33-25(28)26(18,3)4)32-22(31-20)19-16-10-8-12-29-23(16)35(34-19)13-15-9-6-7-11-17(15)27/h6-12,14H,5,13H2,1-4H3,(H,30,36)(H2,28,31,32,33). The zero-order chi connectivity index (χ0) is 25.6. The molecular formula is C26H27FN8O. The minimum atomic E-state index is -0.705. The van der Waals surface area contributed by atoms with Crippen LogP contribution in [0.5, 0.6) is 0 Å². The number of hydrogen-bond acceptors (Lipinski definition) is 7. The van der Waals surface area contributed by atoms with Crippen LogP contribution in [0.15, 0.2) is 47.6 Å². The Balaban J connectivity index is 1.68. The zero-order valence-corrected chi connectivity index (χ0v) is 20.6. The Labute approximate surface area is 207 Å². The number of amides is 1. The van der Waals surface area contributed by atoms with Gasteiger partial charge in [0.1, 0.15) is 23.0 Å². The van der Waals surface area contributed by atoms with E-state index in [4.69, 9.17) is 15.8 Å². The maximum Gasteiger partial charge on any atom is 0.270 e. The molecule has 4 aromatic rings. The number of aliphatic imine (C=N–C) groups is 1. The number of hydrogen-bond donors (Lipinski definition) is 2. The number of carbonyl (C=O) groups excluding carboxylic acids is 1. The second-order valence-corrected chi connectivity index (χ2v) is 9.47. The average Bonchev–Trinajstić information content (AvgIpc) is 3.33. The topological polar surface area (TPSA) is 124 Å². The highest BCUT2D eigenvalue weighted by atomic mass is 19.1. The molecule has 0 saturated carbocycles. The molecule has 0 saturated heterocycles. The van der Waals surface area contributed by atoms with Crippen molar-refractivity contribution >= 4 is 28.6 Å². The number of benzene rings is 1. The Hall–Kier alpha value is -4.21.